The highest BCUT2D eigenvalue weighted by Crippen LogP contribution is 2.17. The van der Waals surface area contributed by atoms with Gasteiger partial charge in [-0.25, -0.2) is 9.37 Å². The monoisotopic (exact) mass is 373 g/mol. The summed E-state index contributed by atoms with van der Waals surface area (Å²) in [7, 11) is 0. The molecule has 1 N–H and O–H groups in total. The molecule has 1 aliphatic heterocycles. The van der Waals surface area contributed by atoms with E-state index in [4.69, 9.17) is 0 Å². The molecule has 0 saturated carbocycles. The fraction of sp³-hybridized carbons (Fsp3) is 0.400. The summed E-state index contributed by atoms with van der Waals surface area (Å²) in [6.07, 6.45) is 5.59. The fourth-order valence-electron chi connectivity index (χ4n) is 2.95. The highest BCUT2D eigenvalue weighted by atomic mass is 32.2. The molecule has 1 aromatic heterocycles. The van der Waals surface area contributed by atoms with Crippen LogP contribution in [0.25, 0.3) is 0 Å². The third kappa shape index (κ3) is 5.81. The molecular weight excluding hydrogens is 349 g/mol. The Morgan fingerprint density at radius 2 is 1.88 bits per heavy atom. The lowest BCUT2D eigenvalue weighted by Crippen LogP contribution is -2.31. The summed E-state index contributed by atoms with van der Waals surface area (Å²) in [6, 6.07) is 9.80. The molecule has 6 heteroatoms. The summed E-state index contributed by atoms with van der Waals surface area (Å²) >= 11 is 1.73. The van der Waals surface area contributed by atoms with Crippen molar-refractivity contribution < 1.29 is 9.18 Å². The van der Waals surface area contributed by atoms with Crippen LogP contribution >= 0.6 is 11.8 Å². The van der Waals surface area contributed by atoms with Crippen molar-refractivity contribution >= 4 is 17.7 Å². The van der Waals surface area contributed by atoms with Crippen molar-refractivity contribution in [2.75, 3.05) is 25.4 Å². The number of pyridine rings is 1. The molecular formula is C20H24FN3OS. The van der Waals surface area contributed by atoms with Crippen LogP contribution in [0.1, 0.15) is 35.2 Å². The van der Waals surface area contributed by atoms with Gasteiger partial charge in [0, 0.05) is 25.0 Å². The number of halogens is 1. The molecule has 1 aliphatic rings. The van der Waals surface area contributed by atoms with Crippen molar-refractivity contribution in [3.63, 3.8) is 0 Å². The van der Waals surface area contributed by atoms with Crippen LogP contribution < -0.4 is 5.32 Å². The zero-order valence-electron chi connectivity index (χ0n) is 14.8. The third-order valence-electron chi connectivity index (χ3n) is 4.47. The lowest BCUT2D eigenvalue weighted by molar-refractivity contribution is 0.0950. The van der Waals surface area contributed by atoms with Gasteiger partial charge in [-0.05, 0) is 55.8 Å². The van der Waals surface area contributed by atoms with Gasteiger partial charge in [-0.1, -0.05) is 18.6 Å². The van der Waals surface area contributed by atoms with Crippen LogP contribution in [-0.2, 0) is 6.54 Å². The Bertz CT molecular complexity index is 700. The number of aromatic nitrogens is 1. The molecule has 2 heterocycles. The van der Waals surface area contributed by atoms with Gasteiger partial charge in [0.1, 0.15) is 5.82 Å². The number of hydrogen-bond donors (Lipinski definition) is 1. The molecule has 1 saturated heterocycles. The first-order valence-electron chi connectivity index (χ1n) is 9.04. The van der Waals surface area contributed by atoms with E-state index in [0.29, 0.717) is 12.1 Å². The molecule has 3 rings (SSSR count). The second-order valence-electron chi connectivity index (χ2n) is 6.45. The molecule has 138 valence electrons. The van der Waals surface area contributed by atoms with E-state index in [9.17, 15) is 9.18 Å². The topological polar surface area (TPSA) is 45.2 Å². The van der Waals surface area contributed by atoms with Crippen LogP contribution in [0.3, 0.4) is 0 Å². The number of hydrogen-bond acceptors (Lipinski definition) is 4. The van der Waals surface area contributed by atoms with Gasteiger partial charge in [0.15, 0.2) is 0 Å². The average molecular weight is 373 g/mol. The largest absolute Gasteiger partial charge is 0.348 e. The summed E-state index contributed by atoms with van der Waals surface area (Å²) in [6.45, 7) is 3.88. The van der Waals surface area contributed by atoms with Crippen molar-refractivity contribution in [2.45, 2.75) is 30.8 Å². The maximum atomic E-state index is 12.9. The SMILES string of the molecule is O=C(NCc1ccc(F)cc1)c1ccc(SCCN2CCCCC2)nc1. The molecule has 0 atom stereocenters. The molecule has 2 aromatic rings. The Morgan fingerprint density at radius 3 is 2.58 bits per heavy atom. The lowest BCUT2D eigenvalue weighted by atomic mass is 10.1. The molecule has 0 aliphatic carbocycles. The maximum absolute atomic E-state index is 12.9. The van der Waals surface area contributed by atoms with Crippen LogP contribution in [0, 0.1) is 5.82 Å². The molecule has 0 unspecified atom stereocenters. The highest BCUT2D eigenvalue weighted by molar-refractivity contribution is 7.99. The zero-order chi connectivity index (χ0) is 18.2. The van der Waals surface area contributed by atoms with E-state index >= 15 is 0 Å². The van der Waals surface area contributed by atoms with E-state index in [1.807, 2.05) is 6.07 Å². The van der Waals surface area contributed by atoms with E-state index in [1.165, 1.54) is 44.5 Å². The minimum atomic E-state index is -0.280. The number of carbonyl (C=O) groups excluding carboxylic acids is 1. The highest BCUT2D eigenvalue weighted by Gasteiger charge is 2.10. The Hall–Kier alpha value is -1.92. The summed E-state index contributed by atoms with van der Waals surface area (Å²) in [5, 5.41) is 3.77. The second kappa shape index (κ2) is 9.69. The van der Waals surface area contributed by atoms with E-state index in [0.717, 1.165) is 22.9 Å². The number of thioether (sulfide) groups is 1. The van der Waals surface area contributed by atoms with Crippen LogP contribution in [0.2, 0.25) is 0 Å². The maximum Gasteiger partial charge on any atom is 0.253 e. The van der Waals surface area contributed by atoms with Gasteiger partial charge >= 0.3 is 0 Å². The van der Waals surface area contributed by atoms with E-state index in [1.54, 1.807) is 36.2 Å². The molecule has 1 amide bonds. The third-order valence-corrected chi connectivity index (χ3v) is 5.39. The van der Waals surface area contributed by atoms with Crippen LogP contribution in [0.15, 0.2) is 47.6 Å². The average Bonchev–Trinajstić information content (AvgIpc) is 2.69. The minimum absolute atomic E-state index is 0.174. The number of nitrogens with zero attached hydrogens (tertiary/aromatic N) is 2. The normalized spacial score (nSPS) is 15.0. The van der Waals surface area contributed by atoms with Crippen molar-refractivity contribution in [3.8, 4) is 0 Å². The smallest absolute Gasteiger partial charge is 0.253 e. The fourth-order valence-corrected chi connectivity index (χ4v) is 3.80. The Morgan fingerprint density at radius 1 is 1.12 bits per heavy atom. The summed E-state index contributed by atoms with van der Waals surface area (Å²) < 4.78 is 12.9. The van der Waals surface area contributed by atoms with Gasteiger partial charge in [-0.15, -0.1) is 11.8 Å². The molecule has 0 spiro atoms. The van der Waals surface area contributed by atoms with Gasteiger partial charge in [-0.2, -0.15) is 0 Å². The first-order valence-corrected chi connectivity index (χ1v) is 10.0. The number of nitrogens with one attached hydrogen (secondary N) is 1. The van der Waals surface area contributed by atoms with E-state index < -0.39 is 0 Å². The standard InChI is InChI=1S/C20H24FN3OS/c21-18-7-4-16(5-8-18)14-23-20(25)17-6-9-19(22-15-17)26-13-12-24-10-2-1-3-11-24/h4-9,15H,1-3,10-14H2,(H,23,25). The summed E-state index contributed by atoms with van der Waals surface area (Å²) in [5.41, 5.74) is 1.39. The second-order valence-corrected chi connectivity index (χ2v) is 7.56. The Kier molecular flexibility index (Phi) is 7.03. The van der Waals surface area contributed by atoms with Crippen molar-refractivity contribution in [1.29, 1.82) is 0 Å². The van der Waals surface area contributed by atoms with Crippen molar-refractivity contribution in [1.82, 2.24) is 15.2 Å². The van der Waals surface area contributed by atoms with Crippen LogP contribution in [-0.4, -0.2) is 41.2 Å². The predicted molar refractivity (Wildman–Crippen MR) is 103 cm³/mol. The van der Waals surface area contributed by atoms with E-state index in [2.05, 4.69) is 15.2 Å². The number of likely N-dealkylation sites (tertiary alicyclic amines) is 1. The van der Waals surface area contributed by atoms with Gasteiger partial charge in [0.05, 0.1) is 10.6 Å². The van der Waals surface area contributed by atoms with Crippen LogP contribution in [0.5, 0.6) is 0 Å². The van der Waals surface area contributed by atoms with E-state index in [-0.39, 0.29) is 11.7 Å². The van der Waals surface area contributed by atoms with Crippen molar-refractivity contribution in [3.05, 3.63) is 59.5 Å². The number of benzene rings is 1. The van der Waals surface area contributed by atoms with Gasteiger partial charge < -0.3 is 10.2 Å². The molecule has 0 radical (unpaired) electrons. The Balaban J connectivity index is 1.42. The molecule has 26 heavy (non-hydrogen) atoms. The summed E-state index contributed by atoms with van der Waals surface area (Å²) in [5.74, 6) is 0.563. The first-order chi connectivity index (χ1) is 12.7. The quantitative estimate of drug-likeness (QED) is 0.751. The number of carbonyl (C=O) groups is 1. The number of amides is 1. The molecule has 0 bridgehead atoms. The number of piperidine rings is 1. The number of rotatable bonds is 7. The first kappa shape index (κ1) is 18.9. The minimum Gasteiger partial charge on any atom is -0.348 e. The van der Waals surface area contributed by atoms with Crippen LogP contribution in [0.4, 0.5) is 4.39 Å². The summed E-state index contributed by atoms with van der Waals surface area (Å²) in [4.78, 5) is 19.1. The van der Waals surface area contributed by atoms with Gasteiger partial charge in [-0.3, -0.25) is 4.79 Å². The molecule has 1 aromatic carbocycles. The van der Waals surface area contributed by atoms with Crippen molar-refractivity contribution in [2.24, 2.45) is 0 Å². The predicted octanol–water partition coefficient (Wildman–Crippen LogP) is 3.73. The molecule has 4 nitrogen and oxygen atoms in total. The van der Waals surface area contributed by atoms with Gasteiger partial charge in [0.2, 0.25) is 0 Å². The lowest BCUT2D eigenvalue weighted by Gasteiger charge is -2.25. The zero-order valence-corrected chi connectivity index (χ0v) is 15.6. The van der Waals surface area contributed by atoms with Gasteiger partial charge in [0.25, 0.3) is 5.91 Å². The Labute approximate surface area is 158 Å². The molecule has 1 fully saturated rings.